The van der Waals surface area contributed by atoms with E-state index in [0.29, 0.717) is 6.61 Å². The molecule has 1 aliphatic rings. The molecule has 0 atom stereocenters. The number of nitrogens with zero attached hydrogens (tertiary/aromatic N) is 2. The molecular formula is C10H15N3O. The molecule has 1 aliphatic heterocycles. The van der Waals surface area contributed by atoms with Crippen LogP contribution in [0.25, 0.3) is 0 Å². The molecule has 0 radical (unpaired) electrons. The SMILES string of the molecule is CNCc1nc(C)c2c(n1)CCOC2. The van der Waals surface area contributed by atoms with Crippen molar-refractivity contribution in [3.63, 3.8) is 0 Å². The lowest BCUT2D eigenvalue weighted by molar-refractivity contribution is 0.108. The summed E-state index contributed by atoms with van der Waals surface area (Å²) in [5.41, 5.74) is 3.39. The van der Waals surface area contributed by atoms with Crippen LogP contribution in [0.3, 0.4) is 0 Å². The molecule has 0 aromatic carbocycles. The number of nitrogens with one attached hydrogen (secondary N) is 1. The van der Waals surface area contributed by atoms with E-state index >= 15 is 0 Å². The molecule has 2 heterocycles. The van der Waals surface area contributed by atoms with E-state index < -0.39 is 0 Å². The minimum absolute atomic E-state index is 0.668. The average molecular weight is 193 g/mol. The topological polar surface area (TPSA) is 47.0 Å². The fourth-order valence-corrected chi connectivity index (χ4v) is 1.69. The van der Waals surface area contributed by atoms with Crippen LogP contribution in [0.2, 0.25) is 0 Å². The third kappa shape index (κ3) is 1.76. The zero-order valence-corrected chi connectivity index (χ0v) is 8.63. The molecule has 4 heteroatoms. The maximum absolute atomic E-state index is 5.38. The van der Waals surface area contributed by atoms with Crippen LogP contribution < -0.4 is 5.32 Å². The van der Waals surface area contributed by atoms with Gasteiger partial charge in [-0.2, -0.15) is 0 Å². The molecule has 4 nitrogen and oxygen atoms in total. The van der Waals surface area contributed by atoms with Gasteiger partial charge in [-0.05, 0) is 14.0 Å². The molecule has 0 spiro atoms. The minimum Gasteiger partial charge on any atom is -0.376 e. The van der Waals surface area contributed by atoms with Crippen LogP contribution in [0.15, 0.2) is 0 Å². The third-order valence-electron chi connectivity index (χ3n) is 2.41. The third-order valence-corrected chi connectivity index (χ3v) is 2.41. The Bertz CT molecular complexity index is 338. The molecule has 1 N–H and O–H groups in total. The highest BCUT2D eigenvalue weighted by atomic mass is 16.5. The molecule has 0 bridgehead atoms. The second-order valence-electron chi connectivity index (χ2n) is 3.48. The molecule has 1 aromatic heterocycles. The van der Waals surface area contributed by atoms with Crippen molar-refractivity contribution in [1.29, 1.82) is 0 Å². The summed E-state index contributed by atoms with van der Waals surface area (Å²) in [4.78, 5) is 8.93. The predicted octanol–water partition coefficient (Wildman–Crippen LogP) is 0.577. The molecule has 76 valence electrons. The smallest absolute Gasteiger partial charge is 0.142 e. The summed E-state index contributed by atoms with van der Waals surface area (Å²) in [5, 5.41) is 3.06. The van der Waals surface area contributed by atoms with Gasteiger partial charge >= 0.3 is 0 Å². The Labute approximate surface area is 83.7 Å². The van der Waals surface area contributed by atoms with E-state index in [1.807, 2.05) is 14.0 Å². The Morgan fingerprint density at radius 1 is 1.43 bits per heavy atom. The fourth-order valence-electron chi connectivity index (χ4n) is 1.69. The monoisotopic (exact) mass is 193 g/mol. The van der Waals surface area contributed by atoms with Crippen molar-refractivity contribution >= 4 is 0 Å². The minimum atomic E-state index is 0.668. The van der Waals surface area contributed by atoms with Crippen molar-refractivity contribution in [2.75, 3.05) is 13.7 Å². The largest absolute Gasteiger partial charge is 0.376 e. The first-order valence-corrected chi connectivity index (χ1v) is 4.89. The maximum Gasteiger partial charge on any atom is 0.142 e. The van der Waals surface area contributed by atoms with E-state index in [4.69, 9.17) is 4.74 Å². The van der Waals surface area contributed by atoms with Gasteiger partial charge in [0.2, 0.25) is 0 Å². The van der Waals surface area contributed by atoms with E-state index in [2.05, 4.69) is 15.3 Å². The van der Waals surface area contributed by atoms with E-state index in [1.54, 1.807) is 0 Å². The molecule has 2 rings (SSSR count). The van der Waals surface area contributed by atoms with Crippen LogP contribution in [0.5, 0.6) is 0 Å². The van der Waals surface area contributed by atoms with Gasteiger partial charge in [-0.25, -0.2) is 9.97 Å². The number of hydrogen-bond acceptors (Lipinski definition) is 4. The summed E-state index contributed by atoms with van der Waals surface area (Å²) >= 11 is 0. The van der Waals surface area contributed by atoms with Crippen LogP contribution in [0.4, 0.5) is 0 Å². The number of hydrogen-bond donors (Lipinski definition) is 1. The molecule has 0 fully saturated rings. The van der Waals surface area contributed by atoms with Gasteiger partial charge in [-0.1, -0.05) is 0 Å². The van der Waals surface area contributed by atoms with Crippen molar-refractivity contribution < 1.29 is 4.74 Å². The normalized spacial score (nSPS) is 15.3. The molecular weight excluding hydrogens is 178 g/mol. The highest BCUT2D eigenvalue weighted by Gasteiger charge is 2.15. The first kappa shape index (κ1) is 9.55. The standard InChI is InChI=1S/C10H15N3O/c1-7-8-6-14-4-3-9(8)13-10(12-7)5-11-2/h11H,3-6H2,1-2H3. The van der Waals surface area contributed by atoms with E-state index in [-0.39, 0.29) is 0 Å². The first-order valence-electron chi connectivity index (χ1n) is 4.89. The van der Waals surface area contributed by atoms with Crippen LogP contribution >= 0.6 is 0 Å². The molecule has 0 saturated heterocycles. The van der Waals surface area contributed by atoms with Gasteiger partial charge in [0.25, 0.3) is 0 Å². The Kier molecular flexibility index (Phi) is 2.74. The average Bonchev–Trinajstić information content (AvgIpc) is 2.18. The summed E-state index contributed by atoms with van der Waals surface area (Å²) in [6.45, 7) is 4.20. The molecule has 0 aliphatic carbocycles. The Hall–Kier alpha value is -1.00. The van der Waals surface area contributed by atoms with Gasteiger partial charge in [-0.15, -0.1) is 0 Å². The molecule has 14 heavy (non-hydrogen) atoms. The number of fused-ring (bicyclic) bond motifs is 1. The zero-order valence-electron chi connectivity index (χ0n) is 8.63. The highest BCUT2D eigenvalue weighted by Crippen LogP contribution is 2.17. The van der Waals surface area contributed by atoms with Crippen LogP contribution in [0, 0.1) is 6.92 Å². The lowest BCUT2D eigenvalue weighted by atomic mass is 10.1. The van der Waals surface area contributed by atoms with Crippen molar-refractivity contribution in [2.45, 2.75) is 26.5 Å². The Morgan fingerprint density at radius 3 is 3.07 bits per heavy atom. The number of aryl methyl sites for hydroxylation is 1. The molecule has 0 amide bonds. The van der Waals surface area contributed by atoms with Crippen LogP contribution in [-0.4, -0.2) is 23.6 Å². The fraction of sp³-hybridized carbons (Fsp3) is 0.600. The molecule has 0 saturated carbocycles. The van der Waals surface area contributed by atoms with E-state index in [0.717, 1.165) is 36.8 Å². The summed E-state index contributed by atoms with van der Waals surface area (Å²) in [7, 11) is 1.90. The van der Waals surface area contributed by atoms with Gasteiger partial charge in [0.1, 0.15) is 5.82 Å². The zero-order chi connectivity index (χ0) is 9.97. The maximum atomic E-state index is 5.38. The van der Waals surface area contributed by atoms with Gasteiger partial charge < -0.3 is 10.1 Å². The van der Waals surface area contributed by atoms with Gasteiger partial charge in [0, 0.05) is 17.7 Å². The van der Waals surface area contributed by atoms with Crippen molar-refractivity contribution in [2.24, 2.45) is 0 Å². The van der Waals surface area contributed by atoms with Crippen molar-refractivity contribution in [1.82, 2.24) is 15.3 Å². The quantitative estimate of drug-likeness (QED) is 0.746. The van der Waals surface area contributed by atoms with Crippen molar-refractivity contribution in [3.8, 4) is 0 Å². The van der Waals surface area contributed by atoms with Gasteiger partial charge in [0.15, 0.2) is 0 Å². The number of ether oxygens (including phenoxy) is 1. The molecule has 1 aromatic rings. The second-order valence-corrected chi connectivity index (χ2v) is 3.48. The summed E-state index contributed by atoms with van der Waals surface area (Å²) < 4.78 is 5.38. The second kappa shape index (κ2) is 4.02. The first-order chi connectivity index (χ1) is 6.81. The summed E-state index contributed by atoms with van der Waals surface area (Å²) in [6.07, 6.45) is 0.912. The lowest BCUT2D eigenvalue weighted by Gasteiger charge is -2.17. The molecule has 0 unspecified atom stereocenters. The van der Waals surface area contributed by atoms with Gasteiger partial charge in [-0.3, -0.25) is 0 Å². The van der Waals surface area contributed by atoms with Crippen LogP contribution in [-0.2, 0) is 24.3 Å². The van der Waals surface area contributed by atoms with Gasteiger partial charge in [0.05, 0.1) is 25.5 Å². The van der Waals surface area contributed by atoms with E-state index in [1.165, 1.54) is 5.56 Å². The van der Waals surface area contributed by atoms with Crippen molar-refractivity contribution in [3.05, 3.63) is 22.8 Å². The Balaban J connectivity index is 2.36. The Morgan fingerprint density at radius 2 is 2.29 bits per heavy atom. The highest BCUT2D eigenvalue weighted by molar-refractivity contribution is 5.26. The summed E-state index contributed by atoms with van der Waals surface area (Å²) in [6, 6.07) is 0. The lowest BCUT2D eigenvalue weighted by Crippen LogP contribution is -2.18. The van der Waals surface area contributed by atoms with Crippen LogP contribution in [0.1, 0.15) is 22.8 Å². The summed E-state index contributed by atoms with van der Waals surface area (Å²) in [5.74, 6) is 0.880. The van der Waals surface area contributed by atoms with E-state index in [9.17, 15) is 0 Å². The number of aromatic nitrogens is 2. The predicted molar refractivity (Wildman–Crippen MR) is 52.9 cm³/mol. The number of rotatable bonds is 2.